The predicted molar refractivity (Wildman–Crippen MR) is 127 cm³/mol. The third-order valence-electron chi connectivity index (χ3n) is 6.15. The summed E-state index contributed by atoms with van der Waals surface area (Å²) in [5.41, 5.74) is 4.38. The molecule has 1 aliphatic rings. The van der Waals surface area contributed by atoms with Gasteiger partial charge in [-0.2, -0.15) is 0 Å². The molecule has 2 N–H and O–H groups in total. The fourth-order valence-electron chi connectivity index (χ4n) is 4.48. The third kappa shape index (κ3) is 4.26. The summed E-state index contributed by atoms with van der Waals surface area (Å²) in [6.07, 6.45) is 2.13. The number of allylic oxidation sites excluding steroid dienone is 1. The van der Waals surface area contributed by atoms with Crippen LogP contribution in [0.15, 0.2) is 48.0 Å². The molecule has 34 heavy (non-hydrogen) atoms. The van der Waals surface area contributed by atoms with Crippen molar-refractivity contribution < 1.29 is 29.0 Å². The van der Waals surface area contributed by atoms with E-state index >= 15 is 0 Å². The molecule has 176 valence electrons. The number of benzene rings is 2. The van der Waals surface area contributed by atoms with E-state index in [-0.39, 0.29) is 24.0 Å². The number of aromatic carboxylic acids is 1. The van der Waals surface area contributed by atoms with E-state index in [1.54, 1.807) is 61.5 Å². The minimum Gasteiger partial charge on any atom is -0.497 e. The van der Waals surface area contributed by atoms with Gasteiger partial charge in [0.25, 0.3) is 5.91 Å². The monoisotopic (exact) mass is 462 g/mol. The van der Waals surface area contributed by atoms with Crippen LogP contribution < -0.4 is 4.74 Å². The van der Waals surface area contributed by atoms with Crippen LogP contribution in [0.2, 0.25) is 0 Å². The van der Waals surface area contributed by atoms with E-state index < -0.39 is 5.97 Å². The van der Waals surface area contributed by atoms with Gasteiger partial charge in [0.2, 0.25) is 0 Å². The van der Waals surface area contributed by atoms with Crippen LogP contribution in [-0.2, 0) is 16.1 Å². The number of carboxylic acids is 1. The Balaban J connectivity index is 1.77. The number of carbonyl (C=O) groups is 3. The average Bonchev–Trinajstić information content (AvgIpc) is 3.46. The molecule has 0 radical (unpaired) electrons. The van der Waals surface area contributed by atoms with Gasteiger partial charge in [-0.15, -0.1) is 0 Å². The summed E-state index contributed by atoms with van der Waals surface area (Å²) in [6, 6.07) is 11.7. The molecule has 0 fully saturated rings. The number of aromatic amines is 1. The first-order valence-corrected chi connectivity index (χ1v) is 10.9. The number of carbonyl (C=O) groups excluding carboxylic acids is 2. The van der Waals surface area contributed by atoms with Crippen LogP contribution >= 0.6 is 0 Å². The number of ether oxygens (including phenoxy) is 2. The Hall–Kier alpha value is -4.07. The number of aromatic nitrogens is 1. The molecule has 8 nitrogen and oxygen atoms in total. The topological polar surface area (TPSA) is 109 Å². The first-order chi connectivity index (χ1) is 16.3. The second-order valence-electron chi connectivity index (χ2n) is 8.24. The van der Waals surface area contributed by atoms with Gasteiger partial charge in [0.05, 0.1) is 26.3 Å². The smallest absolute Gasteiger partial charge is 0.335 e. The first-order valence-electron chi connectivity index (χ1n) is 10.9. The van der Waals surface area contributed by atoms with Crippen molar-refractivity contribution in [1.82, 2.24) is 9.88 Å². The maximum absolute atomic E-state index is 13.1. The van der Waals surface area contributed by atoms with E-state index in [1.807, 2.05) is 0 Å². The molecule has 0 atom stereocenters. The Labute approximate surface area is 196 Å². The lowest BCUT2D eigenvalue weighted by Gasteiger charge is -2.18. The lowest BCUT2D eigenvalue weighted by molar-refractivity contribution is -0.136. The maximum Gasteiger partial charge on any atom is 0.335 e. The van der Waals surface area contributed by atoms with Gasteiger partial charge < -0.3 is 24.5 Å². The van der Waals surface area contributed by atoms with E-state index in [0.717, 1.165) is 28.6 Å². The van der Waals surface area contributed by atoms with Gasteiger partial charge in [-0.1, -0.05) is 6.07 Å². The van der Waals surface area contributed by atoms with Crippen molar-refractivity contribution in [2.45, 2.75) is 25.8 Å². The van der Waals surface area contributed by atoms with Crippen LogP contribution in [0.1, 0.15) is 51.2 Å². The van der Waals surface area contributed by atoms with E-state index in [0.29, 0.717) is 35.2 Å². The SMILES string of the molecule is COC(=O)C1=C(c2c(CN(C)C(=O)c3ccc(OC)cc3)[nH]c3cc(C(=O)O)ccc23)CCC1. The maximum atomic E-state index is 13.1. The van der Waals surface area contributed by atoms with E-state index in [2.05, 4.69) is 4.98 Å². The van der Waals surface area contributed by atoms with Crippen LogP contribution in [0, 0.1) is 0 Å². The number of carboxylic acid groups (broad SMARTS) is 1. The van der Waals surface area contributed by atoms with Gasteiger partial charge in [-0.3, -0.25) is 4.79 Å². The summed E-state index contributed by atoms with van der Waals surface area (Å²) >= 11 is 0. The number of hydrogen-bond acceptors (Lipinski definition) is 5. The van der Waals surface area contributed by atoms with Gasteiger partial charge in [0.1, 0.15) is 5.75 Å². The number of esters is 1. The quantitative estimate of drug-likeness (QED) is 0.508. The van der Waals surface area contributed by atoms with Gasteiger partial charge in [-0.05, 0) is 61.2 Å². The molecule has 4 rings (SSSR count). The highest BCUT2D eigenvalue weighted by atomic mass is 16.5. The predicted octanol–water partition coefficient (Wildman–Crippen LogP) is 4.26. The number of rotatable bonds is 7. The summed E-state index contributed by atoms with van der Waals surface area (Å²) in [7, 11) is 4.63. The van der Waals surface area contributed by atoms with Crippen LogP contribution in [0.25, 0.3) is 16.5 Å². The van der Waals surface area contributed by atoms with Crippen molar-refractivity contribution >= 4 is 34.3 Å². The summed E-state index contributed by atoms with van der Waals surface area (Å²) in [6.45, 7) is 0.245. The average molecular weight is 463 g/mol. The Morgan fingerprint density at radius 3 is 2.38 bits per heavy atom. The highest BCUT2D eigenvalue weighted by Gasteiger charge is 2.28. The van der Waals surface area contributed by atoms with Crippen molar-refractivity contribution in [1.29, 1.82) is 0 Å². The molecule has 0 aliphatic heterocycles. The second kappa shape index (κ2) is 9.43. The molecule has 2 aromatic carbocycles. The van der Waals surface area contributed by atoms with Crippen molar-refractivity contribution in [3.05, 3.63) is 70.4 Å². The molecule has 0 saturated heterocycles. The van der Waals surface area contributed by atoms with Gasteiger partial charge in [0.15, 0.2) is 0 Å². The zero-order chi connectivity index (χ0) is 24.4. The Morgan fingerprint density at radius 1 is 1.03 bits per heavy atom. The highest BCUT2D eigenvalue weighted by molar-refractivity contribution is 6.05. The van der Waals surface area contributed by atoms with Gasteiger partial charge in [0, 0.05) is 40.3 Å². The molecule has 1 heterocycles. The van der Waals surface area contributed by atoms with E-state index in [4.69, 9.17) is 9.47 Å². The number of nitrogens with zero attached hydrogens (tertiary/aromatic N) is 1. The van der Waals surface area contributed by atoms with E-state index in [9.17, 15) is 19.5 Å². The summed E-state index contributed by atoms with van der Waals surface area (Å²) < 4.78 is 10.2. The molecule has 1 aromatic heterocycles. The third-order valence-corrected chi connectivity index (χ3v) is 6.15. The molecular formula is C26H26N2O6. The number of methoxy groups -OCH3 is 2. The zero-order valence-corrected chi connectivity index (χ0v) is 19.3. The van der Waals surface area contributed by atoms with Crippen molar-refractivity contribution in [2.24, 2.45) is 0 Å². The number of hydrogen-bond donors (Lipinski definition) is 2. The van der Waals surface area contributed by atoms with Crippen LogP contribution in [-0.4, -0.2) is 54.1 Å². The number of nitrogens with one attached hydrogen (secondary N) is 1. The van der Waals surface area contributed by atoms with Crippen molar-refractivity contribution in [2.75, 3.05) is 21.3 Å². The Morgan fingerprint density at radius 2 is 1.74 bits per heavy atom. The summed E-state index contributed by atoms with van der Waals surface area (Å²) in [5.74, 6) is -0.902. The summed E-state index contributed by atoms with van der Waals surface area (Å²) in [5, 5.41) is 10.2. The standard InChI is InChI=1S/C26H26N2O6/c1-28(24(29)15-7-10-17(33-2)11-8-15)14-22-23(18-5-4-6-19(18)26(32)34-3)20-12-9-16(25(30)31)13-21(20)27-22/h7-13,27H,4-6,14H2,1-3H3,(H,30,31). The molecule has 8 heteroatoms. The second-order valence-corrected chi connectivity index (χ2v) is 8.24. The molecule has 0 saturated carbocycles. The van der Waals surface area contributed by atoms with E-state index in [1.165, 1.54) is 7.11 Å². The molecule has 0 spiro atoms. The lowest BCUT2D eigenvalue weighted by Crippen LogP contribution is -2.26. The fourth-order valence-corrected chi connectivity index (χ4v) is 4.48. The molecule has 1 aliphatic carbocycles. The number of amides is 1. The number of fused-ring (bicyclic) bond motifs is 1. The number of H-pyrrole nitrogens is 1. The molecule has 1 amide bonds. The first kappa shape index (κ1) is 23.1. The summed E-state index contributed by atoms with van der Waals surface area (Å²) in [4.78, 5) is 41.9. The largest absolute Gasteiger partial charge is 0.497 e. The van der Waals surface area contributed by atoms with Gasteiger partial charge in [-0.25, -0.2) is 9.59 Å². The Kier molecular flexibility index (Phi) is 6.40. The van der Waals surface area contributed by atoms with Crippen LogP contribution in [0.4, 0.5) is 0 Å². The molecular weight excluding hydrogens is 436 g/mol. The molecule has 0 unspecified atom stereocenters. The Bertz CT molecular complexity index is 1300. The normalized spacial score (nSPS) is 13.3. The van der Waals surface area contributed by atoms with Gasteiger partial charge >= 0.3 is 11.9 Å². The minimum atomic E-state index is -1.03. The van der Waals surface area contributed by atoms with Crippen LogP contribution in [0.3, 0.4) is 0 Å². The van der Waals surface area contributed by atoms with Crippen molar-refractivity contribution in [3.8, 4) is 5.75 Å². The highest BCUT2D eigenvalue weighted by Crippen LogP contribution is 2.40. The molecule has 3 aromatic rings. The van der Waals surface area contributed by atoms with Crippen LogP contribution in [0.5, 0.6) is 5.75 Å². The van der Waals surface area contributed by atoms with Crippen molar-refractivity contribution in [3.63, 3.8) is 0 Å². The molecule has 0 bridgehead atoms. The minimum absolute atomic E-state index is 0.156. The zero-order valence-electron chi connectivity index (χ0n) is 19.3. The fraction of sp³-hybridized carbons (Fsp3) is 0.269. The lowest BCUT2D eigenvalue weighted by atomic mass is 9.97.